The molecule has 0 fully saturated rings. The molecule has 0 rings (SSSR count). The van der Waals surface area contributed by atoms with E-state index >= 15 is 0 Å². The molecule has 0 unspecified atom stereocenters. The van der Waals surface area contributed by atoms with Crippen LogP contribution in [0.4, 0.5) is 0 Å². The summed E-state index contributed by atoms with van der Waals surface area (Å²) in [5, 5.41) is 0. The largest absolute Gasteiger partial charge is 1.00 e. The van der Waals surface area contributed by atoms with Crippen LogP contribution >= 0.6 is 0 Å². The van der Waals surface area contributed by atoms with Crippen LogP contribution in [-0.4, -0.2) is 25.9 Å². The van der Waals surface area contributed by atoms with Crippen molar-refractivity contribution in [3.8, 4) is 0 Å². The van der Waals surface area contributed by atoms with Gasteiger partial charge < -0.3 is 4.55 Å². The molecule has 0 heterocycles. The summed E-state index contributed by atoms with van der Waals surface area (Å²) < 4.78 is 56.9. The Morgan fingerprint density at radius 3 is 1.50 bits per heavy atom. The van der Waals surface area contributed by atoms with Crippen LogP contribution in [0, 0.1) is 0 Å². The second-order valence-corrected chi connectivity index (χ2v) is 3.12. The van der Waals surface area contributed by atoms with Gasteiger partial charge in [-0.25, -0.2) is 8.42 Å². The van der Waals surface area contributed by atoms with Crippen LogP contribution in [0.25, 0.3) is 0 Å². The van der Waals surface area contributed by atoms with E-state index < -0.39 is 20.8 Å². The zero-order chi connectivity index (χ0) is 7.71. The maximum absolute atomic E-state index is 9.40. The number of hydrogen-bond donors (Lipinski definition) is 1. The molecular weight excluding hydrogens is 215 g/mol. The van der Waals surface area contributed by atoms with Crippen molar-refractivity contribution in [2.45, 2.75) is 0 Å². The van der Waals surface area contributed by atoms with E-state index in [1.54, 1.807) is 0 Å². The molecule has 10 heteroatoms. The molecule has 0 aromatic carbocycles. The van der Waals surface area contributed by atoms with Gasteiger partial charge in [-0.15, -0.1) is 3.63 Å². The Kier molecular flexibility index (Phi) is 6.21. The maximum atomic E-state index is 9.40. The van der Waals surface area contributed by atoms with Crippen molar-refractivity contribution in [2.24, 2.45) is 0 Å². The normalized spacial score (nSPS) is 12.2. The molecule has 0 aliphatic rings. The Balaban J connectivity index is 0. The van der Waals surface area contributed by atoms with Crippen LogP contribution in [-0.2, 0) is 24.4 Å². The van der Waals surface area contributed by atoms with E-state index in [1.165, 1.54) is 0 Å². The number of rotatable bonds is 2. The SMILES string of the molecule is O=S(=O)([O-])OS(=O)(=O)O.[K+]. The van der Waals surface area contributed by atoms with Gasteiger partial charge in [0.15, 0.2) is 0 Å². The van der Waals surface area contributed by atoms with Gasteiger partial charge in [0.05, 0.1) is 0 Å². The van der Waals surface area contributed by atoms with Crippen LogP contribution < -0.4 is 51.4 Å². The van der Waals surface area contributed by atoms with Crippen molar-refractivity contribution in [1.29, 1.82) is 0 Å². The third-order valence-corrected chi connectivity index (χ3v) is 1.52. The molecule has 0 saturated heterocycles. The van der Waals surface area contributed by atoms with E-state index in [0.717, 1.165) is 0 Å². The monoisotopic (exact) mass is 216 g/mol. The summed E-state index contributed by atoms with van der Waals surface area (Å²) in [6.07, 6.45) is 0. The second-order valence-electron chi connectivity index (χ2n) is 0.904. The molecule has 0 bridgehead atoms. The Labute approximate surface area is 100 Å². The summed E-state index contributed by atoms with van der Waals surface area (Å²) >= 11 is 0. The molecule has 0 aromatic rings. The fraction of sp³-hybridized carbons (Fsp3) is 0. The van der Waals surface area contributed by atoms with Gasteiger partial charge in [-0.2, -0.15) is 8.42 Å². The maximum Gasteiger partial charge on any atom is 1.00 e. The fourth-order valence-electron chi connectivity index (χ4n) is 0.105. The van der Waals surface area contributed by atoms with E-state index in [0.29, 0.717) is 0 Å². The molecular formula is HKO7S2. The van der Waals surface area contributed by atoms with E-state index in [9.17, 15) is 21.4 Å². The first-order chi connectivity index (χ1) is 3.71. The Morgan fingerprint density at radius 1 is 1.20 bits per heavy atom. The van der Waals surface area contributed by atoms with Crippen molar-refractivity contribution in [2.75, 3.05) is 0 Å². The van der Waals surface area contributed by atoms with Gasteiger partial charge in [0.2, 0.25) is 10.4 Å². The van der Waals surface area contributed by atoms with E-state index in [-0.39, 0.29) is 51.4 Å². The smallest absolute Gasteiger partial charge is 0.725 e. The van der Waals surface area contributed by atoms with Crippen molar-refractivity contribution in [3.05, 3.63) is 0 Å². The minimum Gasteiger partial charge on any atom is -0.725 e. The standard InChI is InChI=1S/K.H2O7S2/c;1-8(2,3)7-9(4,5)6/h;(H,1,2,3)(H,4,5,6)/q+1;/p-1. The van der Waals surface area contributed by atoms with E-state index in [1.807, 2.05) is 0 Å². The van der Waals surface area contributed by atoms with E-state index in [4.69, 9.17) is 4.55 Å². The van der Waals surface area contributed by atoms with Crippen molar-refractivity contribution < 1.29 is 81.0 Å². The first kappa shape index (κ1) is 14.0. The molecule has 10 heavy (non-hydrogen) atoms. The Hall–Kier alpha value is 1.42. The molecule has 1 N–H and O–H groups in total. The van der Waals surface area contributed by atoms with Gasteiger partial charge in [-0.05, 0) is 0 Å². The average Bonchev–Trinajstić information content (AvgIpc) is 1.14. The number of hydrogen-bond acceptors (Lipinski definition) is 6. The van der Waals surface area contributed by atoms with Gasteiger partial charge in [0, 0.05) is 0 Å². The molecule has 0 amide bonds. The van der Waals surface area contributed by atoms with Gasteiger partial charge in [0.25, 0.3) is 0 Å². The molecule has 0 aliphatic heterocycles. The zero-order valence-corrected chi connectivity index (χ0v) is 9.47. The van der Waals surface area contributed by atoms with Crippen LogP contribution in [0.3, 0.4) is 0 Å². The predicted molar refractivity (Wildman–Crippen MR) is 22.3 cm³/mol. The van der Waals surface area contributed by atoms with Gasteiger partial charge in [-0.1, -0.05) is 0 Å². The zero-order valence-electron chi connectivity index (χ0n) is 4.71. The van der Waals surface area contributed by atoms with Gasteiger partial charge in [0.1, 0.15) is 0 Å². The topological polar surface area (TPSA) is 121 Å². The summed E-state index contributed by atoms with van der Waals surface area (Å²) in [6.45, 7) is 0. The molecule has 0 aliphatic carbocycles. The molecule has 7 nitrogen and oxygen atoms in total. The second kappa shape index (κ2) is 4.44. The molecule has 0 atom stereocenters. The van der Waals surface area contributed by atoms with Gasteiger partial charge in [-0.3, -0.25) is 4.55 Å². The first-order valence-corrected chi connectivity index (χ1v) is 4.05. The van der Waals surface area contributed by atoms with Crippen molar-refractivity contribution in [3.63, 3.8) is 0 Å². The first-order valence-electron chi connectivity index (χ1n) is 1.35. The van der Waals surface area contributed by atoms with E-state index in [2.05, 4.69) is 3.63 Å². The molecule has 0 aromatic heterocycles. The molecule has 0 saturated carbocycles. The summed E-state index contributed by atoms with van der Waals surface area (Å²) in [5.74, 6) is 0. The van der Waals surface area contributed by atoms with Crippen LogP contribution in [0.1, 0.15) is 0 Å². The third-order valence-electron chi connectivity index (χ3n) is 0.169. The summed E-state index contributed by atoms with van der Waals surface area (Å²) in [7, 11) is -10.6. The third kappa shape index (κ3) is 12.1. The fourth-order valence-corrected chi connectivity index (χ4v) is 0.948. The predicted octanol–water partition coefficient (Wildman–Crippen LogP) is -4.73. The minimum absolute atomic E-state index is 0. The summed E-state index contributed by atoms with van der Waals surface area (Å²) in [5.41, 5.74) is 0. The van der Waals surface area contributed by atoms with Crippen molar-refractivity contribution in [1.82, 2.24) is 0 Å². The van der Waals surface area contributed by atoms with Crippen molar-refractivity contribution >= 4 is 20.8 Å². The minimum atomic E-state index is -5.37. The molecule has 0 radical (unpaired) electrons. The average molecular weight is 216 g/mol. The quantitative estimate of drug-likeness (QED) is 0.279. The summed E-state index contributed by atoms with van der Waals surface area (Å²) in [6, 6.07) is 0. The molecule has 0 spiro atoms. The Morgan fingerprint density at radius 2 is 1.50 bits per heavy atom. The van der Waals surface area contributed by atoms with Gasteiger partial charge >= 0.3 is 61.8 Å². The van der Waals surface area contributed by atoms with Crippen LogP contribution in [0.15, 0.2) is 0 Å². The molecule has 56 valence electrons. The Bertz CT molecular complexity index is 237. The van der Waals surface area contributed by atoms with Crippen LogP contribution in [0.5, 0.6) is 0 Å². The van der Waals surface area contributed by atoms with Crippen LogP contribution in [0.2, 0.25) is 0 Å². The summed E-state index contributed by atoms with van der Waals surface area (Å²) in [4.78, 5) is 0.